The number of halogens is 2. The number of nitro groups is 1. The normalized spacial score (nSPS) is 10.8. The molecule has 1 aromatic heterocycles. The van der Waals surface area contributed by atoms with Crippen LogP contribution < -0.4 is 15.0 Å². The second kappa shape index (κ2) is 11.5. The van der Waals surface area contributed by atoms with Crippen molar-refractivity contribution in [3.8, 4) is 22.8 Å². The van der Waals surface area contributed by atoms with Crippen molar-refractivity contribution in [1.29, 1.82) is 0 Å². The predicted molar refractivity (Wildman–Crippen MR) is 148 cm³/mol. The first-order valence-corrected chi connectivity index (χ1v) is 12.5. The molecule has 0 unspecified atom stereocenters. The third-order valence-electron chi connectivity index (χ3n) is 5.83. The second-order valence-electron chi connectivity index (χ2n) is 8.26. The number of nitro benzene ring substituents is 1. The molecule has 1 amide bonds. The molecule has 9 nitrogen and oxygen atoms in total. The molecule has 11 heteroatoms. The van der Waals surface area contributed by atoms with Crippen LogP contribution in [0.5, 0.6) is 11.5 Å². The van der Waals surface area contributed by atoms with Gasteiger partial charge in [-0.3, -0.25) is 14.9 Å². The predicted octanol–water partition coefficient (Wildman–Crippen LogP) is 7.76. The first-order chi connectivity index (χ1) is 18.2. The highest BCUT2D eigenvalue weighted by Gasteiger charge is 2.25. The molecule has 0 atom stereocenters. The van der Waals surface area contributed by atoms with Crippen LogP contribution in [-0.2, 0) is 0 Å². The van der Waals surface area contributed by atoms with Gasteiger partial charge < -0.3 is 19.5 Å². The van der Waals surface area contributed by atoms with Crippen molar-refractivity contribution in [1.82, 2.24) is 5.16 Å². The summed E-state index contributed by atoms with van der Waals surface area (Å²) in [5.41, 5.74) is 1.45. The van der Waals surface area contributed by atoms with Crippen molar-refractivity contribution in [2.45, 2.75) is 20.8 Å². The lowest BCUT2D eigenvalue weighted by Crippen LogP contribution is -2.21. The van der Waals surface area contributed by atoms with E-state index in [0.717, 1.165) is 18.8 Å². The minimum Gasteiger partial charge on any atom is -0.457 e. The first-order valence-electron chi connectivity index (χ1n) is 11.8. The van der Waals surface area contributed by atoms with E-state index in [4.69, 9.17) is 32.5 Å². The van der Waals surface area contributed by atoms with E-state index in [0.29, 0.717) is 11.3 Å². The zero-order valence-electron chi connectivity index (χ0n) is 20.8. The molecule has 0 fully saturated rings. The molecule has 1 heterocycles. The van der Waals surface area contributed by atoms with E-state index < -0.39 is 10.8 Å². The van der Waals surface area contributed by atoms with E-state index >= 15 is 0 Å². The Kier molecular flexibility index (Phi) is 8.19. The highest BCUT2D eigenvalue weighted by atomic mass is 35.5. The monoisotopic (exact) mass is 554 g/mol. The van der Waals surface area contributed by atoms with Gasteiger partial charge in [-0.25, -0.2) is 0 Å². The number of carbonyl (C=O) groups excluding carboxylic acids is 1. The summed E-state index contributed by atoms with van der Waals surface area (Å²) in [5, 5.41) is 18.9. The van der Waals surface area contributed by atoms with Crippen molar-refractivity contribution in [3.63, 3.8) is 0 Å². The zero-order valence-corrected chi connectivity index (χ0v) is 22.3. The lowest BCUT2D eigenvalue weighted by molar-refractivity contribution is -0.384. The van der Waals surface area contributed by atoms with Gasteiger partial charge in [0.1, 0.15) is 28.5 Å². The molecule has 4 aromatic rings. The summed E-state index contributed by atoms with van der Waals surface area (Å²) in [7, 11) is 0. The van der Waals surface area contributed by atoms with Crippen LogP contribution in [0.25, 0.3) is 11.3 Å². The third kappa shape index (κ3) is 5.74. The van der Waals surface area contributed by atoms with Crippen LogP contribution in [0.1, 0.15) is 30.0 Å². The summed E-state index contributed by atoms with van der Waals surface area (Å²) in [6, 6.07) is 16.4. The summed E-state index contributed by atoms with van der Waals surface area (Å²) in [6.45, 7) is 7.30. The summed E-state index contributed by atoms with van der Waals surface area (Å²) in [6.07, 6.45) is 0. The minimum atomic E-state index is -0.607. The zero-order chi connectivity index (χ0) is 27.4. The van der Waals surface area contributed by atoms with Crippen LogP contribution in [-0.4, -0.2) is 29.1 Å². The highest BCUT2D eigenvalue weighted by molar-refractivity contribution is 6.39. The summed E-state index contributed by atoms with van der Waals surface area (Å²) in [4.78, 5) is 26.6. The largest absolute Gasteiger partial charge is 0.457 e. The quantitative estimate of drug-likeness (QED) is 0.166. The maximum absolute atomic E-state index is 13.3. The SMILES string of the molecule is CCN(CC)c1cccc(Oc2cc(NC(=O)c3c(-c4c(Cl)cccc4Cl)noc3C)cc([N+](=O)[O-])c2)c1. The van der Waals surface area contributed by atoms with Gasteiger partial charge in [-0.2, -0.15) is 0 Å². The van der Waals surface area contributed by atoms with Crippen molar-refractivity contribution >= 4 is 46.2 Å². The Hall–Kier alpha value is -4.08. The average molecular weight is 555 g/mol. The number of amides is 1. The fraction of sp³-hybridized carbons (Fsp3) is 0.185. The molecular formula is C27H24Cl2N4O5. The Morgan fingerprint density at radius 3 is 2.39 bits per heavy atom. The summed E-state index contributed by atoms with van der Waals surface area (Å²) < 4.78 is 11.2. The lowest BCUT2D eigenvalue weighted by Gasteiger charge is -2.21. The number of aryl methyl sites for hydroxylation is 1. The third-order valence-corrected chi connectivity index (χ3v) is 6.46. The van der Waals surface area contributed by atoms with E-state index in [1.807, 2.05) is 18.2 Å². The molecule has 38 heavy (non-hydrogen) atoms. The Balaban J connectivity index is 1.67. The van der Waals surface area contributed by atoms with E-state index in [2.05, 4.69) is 29.2 Å². The molecule has 3 aromatic carbocycles. The fourth-order valence-electron chi connectivity index (χ4n) is 4.02. The van der Waals surface area contributed by atoms with Crippen LogP contribution in [0, 0.1) is 17.0 Å². The molecule has 196 valence electrons. The molecular weight excluding hydrogens is 531 g/mol. The molecule has 0 aliphatic carbocycles. The first kappa shape index (κ1) is 27.0. The number of rotatable bonds is 9. The van der Waals surface area contributed by atoms with Gasteiger partial charge in [0.15, 0.2) is 0 Å². The molecule has 0 bridgehead atoms. The molecule has 0 radical (unpaired) electrons. The molecule has 0 spiro atoms. The number of nitrogens with zero attached hydrogens (tertiary/aromatic N) is 3. The van der Waals surface area contributed by atoms with E-state index in [1.165, 1.54) is 18.2 Å². The second-order valence-corrected chi connectivity index (χ2v) is 9.07. The van der Waals surface area contributed by atoms with Gasteiger partial charge in [-0.1, -0.05) is 40.5 Å². The highest BCUT2D eigenvalue weighted by Crippen LogP contribution is 2.37. The van der Waals surface area contributed by atoms with Gasteiger partial charge in [0.05, 0.1) is 26.7 Å². The molecule has 1 N–H and O–H groups in total. The van der Waals surface area contributed by atoms with Crippen LogP contribution in [0.15, 0.2) is 65.2 Å². The number of aromatic nitrogens is 1. The number of benzene rings is 3. The van der Waals surface area contributed by atoms with Gasteiger partial charge in [0.2, 0.25) is 0 Å². The standard InChI is InChI=1S/C27H24Cl2N4O5/c1-4-32(5-2)18-8-6-9-20(14-18)37-21-13-17(12-19(15-21)33(35)36)30-27(34)24-16(3)38-31-26(24)25-22(28)10-7-11-23(25)29/h6-15H,4-5H2,1-3H3,(H,30,34). The number of non-ortho nitro benzene ring substituents is 1. The molecule has 0 saturated heterocycles. The summed E-state index contributed by atoms with van der Waals surface area (Å²) in [5.74, 6) is 0.300. The number of anilines is 2. The summed E-state index contributed by atoms with van der Waals surface area (Å²) >= 11 is 12.6. The molecule has 4 rings (SSSR count). The number of nitrogens with one attached hydrogen (secondary N) is 1. The maximum Gasteiger partial charge on any atom is 0.275 e. The smallest absolute Gasteiger partial charge is 0.275 e. The number of hydrogen-bond acceptors (Lipinski definition) is 7. The fourth-order valence-corrected chi connectivity index (χ4v) is 4.59. The number of hydrogen-bond donors (Lipinski definition) is 1. The number of ether oxygens (including phenoxy) is 1. The van der Waals surface area contributed by atoms with Gasteiger partial charge in [-0.05, 0) is 45.0 Å². The topological polar surface area (TPSA) is 111 Å². The van der Waals surface area contributed by atoms with Crippen LogP contribution in [0.4, 0.5) is 17.1 Å². The van der Waals surface area contributed by atoms with Gasteiger partial charge in [0.25, 0.3) is 11.6 Å². The van der Waals surface area contributed by atoms with E-state index in [9.17, 15) is 14.9 Å². The van der Waals surface area contributed by atoms with Gasteiger partial charge in [-0.15, -0.1) is 0 Å². The Labute approximate surface area is 229 Å². The number of carbonyl (C=O) groups is 1. The van der Waals surface area contributed by atoms with Crippen molar-refractivity contribution in [3.05, 3.63) is 92.1 Å². The van der Waals surface area contributed by atoms with Crippen LogP contribution in [0.2, 0.25) is 10.0 Å². The Bertz CT molecular complexity index is 1480. The van der Waals surface area contributed by atoms with Crippen molar-refractivity contribution in [2.24, 2.45) is 0 Å². The van der Waals surface area contributed by atoms with Crippen LogP contribution >= 0.6 is 23.2 Å². The molecule has 0 aliphatic rings. The van der Waals surface area contributed by atoms with Gasteiger partial charge in [0, 0.05) is 42.5 Å². The lowest BCUT2D eigenvalue weighted by atomic mass is 10.1. The average Bonchev–Trinajstić information content (AvgIpc) is 3.25. The molecule has 0 saturated carbocycles. The van der Waals surface area contributed by atoms with Crippen molar-refractivity contribution in [2.75, 3.05) is 23.3 Å². The van der Waals surface area contributed by atoms with E-state index in [1.54, 1.807) is 31.2 Å². The maximum atomic E-state index is 13.3. The van der Waals surface area contributed by atoms with E-state index in [-0.39, 0.29) is 44.2 Å². The van der Waals surface area contributed by atoms with Gasteiger partial charge >= 0.3 is 0 Å². The minimum absolute atomic E-state index is 0.0981. The van der Waals surface area contributed by atoms with Crippen LogP contribution in [0.3, 0.4) is 0 Å². The van der Waals surface area contributed by atoms with Crippen molar-refractivity contribution < 1.29 is 19.0 Å². The molecule has 0 aliphatic heterocycles. The Morgan fingerprint density at radius 1 is 1.05 bits per heavy atom. The Morgan fingerprint density at radius 2 is 1.74 bits per heavy atom.